The topological polar surface area (TPSA) is 66.0 Å². The van der Waals surface area contributed by atoms with Crippen molar-refractivity contribution in [2.75, 3.05) is 6.26 Å². The number of hydrogen-bond donors (Lipinski definition) is 2. The van der Waals surface area contributed by atoms with Gasteiger partial charge >= 0.3 is 0 Å². The Morgan fingerprint density at radius 3 is 2.56 bits per heavy atom. The molecule has 0 aromatic rings. The number of nitrogens with two attached hydrogens (primary N) is 1. The molecule has 102 valence electrons. The molecule has 0 saturated heterocycles. The van der Waals surface area contributed by atoms with Gasteiger partial charge in [0, 0.05) is 12.0 Å². The van der Waals surface area contributed by atoms with E-state index in [1.165, 1.54) is 12.8 Å². The second-order valence-electron chi connectivity index (χ2n) is 5.34. The van der Waals surface area contributed by atoms with Gasteiger partial charge in [-0.05, 0) is 25.0 Å². The van der Waals surface area contributed by atoms with Crippen LogP contribution in [0.25, 0.3) is 0 Å². The minimum Gasteiger partial charge on any atom is -0.275 e. The molecule has 1 aliphatic carbocycles. The zero-order valence-corrected chi connectivity index (χ0v) is 12.4. The van der Waals surface area contributed by atoms with E-state index in [9.17, 15) is 0 Å². The first-order chi connectivity index (χ1) is 8.52. The highest BCUT2D eigenvalue weighted by Crippen LogP contribution is 2.24. The van der Waals surface area contributed by atoms with Gasteiger partial charge in [-0.1, -0.05) is 32.5 Å². The lowest BCUT2D eigenvalue weighted by Gasteiger charge is -2.34. The van der Waals surface area contributed by atoms with Gasteiger partial charge in [-0.15, -0.1) is 0 Å². The van der Waals surface area contributed by atoms with Gasteiger partial charge < -0.3 is 0 Å². The Kier molecular flexibility index (Phi) is 4.29. The molecule has 2 rings (SSSR count). The van der Waals surface area contributed by atoms with Crippen LogP contribution in [0.3, 0.4) is 0 Å². The molecule has 2 unspecified atom stereocenters. The van der Waals surface area contributed by atoms with E-state index in [4.69, 9.17) is 5.84 Å². The van der Waals surface area contributed by atoms with Gasteiger partial charge in [-0.25, -0.2) is 15.8 Å². The quantitative estimate of drug-likeness (QED) is 0.761. The average Bonchev–Trinajstić information content (AvgIpc) is 3.14. The maximum atomic E-state index is 6.18. The molecule has 0 aromatic carbocycles. The van der Waals surface area contributed by atoms with Gasteiger partial charge in [0.1, 0.15) is 5.84 Å². The Morgan fingerprint density at radius 2 is 2.06 bits per heavy atom. The van der Waals surface area contributed by atoms with Crippen LogP contribution in [0.4, 0.5) is 0 Å². The zero-order valence-electron chi connectivity index (χ0n) is 11.6. The van der Waals surface area contributed by atoms with Gasteiger partial charge in [-0.2, -0.15) is 0 Å². The van der Waals surface area contributed by atoms with E-state index in [1.807, 2.05) is 6.26 Å². The molecule has 5 nitrogen and oxygen atoms in total. The third-order valence-electron chi connectivity index (χ3n) is 3.52. The van der Waals surface area contributed by atoms with Crippen molar-refractivity contribution in [1.82, 2.24) is 10.3 Å². The minimum atomic E-state index is -0.159. The highest BCUT2D eigenvalue weighted by molar-refractivity contribution is 8.13. The standard InChI is InChI=1S/C12H23N5S/c1-7(2)8(3)10-15-12(18-4)16-11(17(10)13)14-9-5-6-9/h7-9,11,14H,5-6,13H2,1-4H3. The Hall–Kier alpha value is -0.590. The number of hydrogen-bond acceptors (Lipinski definition) is 6. The molecule has 0 spiro atoms. The summed E-state index contributed by atoms with van der Waals surface area (Å²) in [6.07, 6.45) is 4.29. The molecule has 6 heteroatoms. The van der Waals surface area contributed by atoms with Crippen molar-refractivity contribution in [3.8, 4) is 0 Å². The van der Waals surface area contributed by atoms with Crippen molar-refractivity contribution in [3.63, 3.8) is 0 Å². The van der Waals surface area contributed by atoms with Crippen LogP contribution in [-0.4, -0.2) is 34.6 Å². The van der Waals surface area contributed by atoms with Crippen molar-refractivity contribution in [2.24, 2.45) is 27.7 Å². The predicted molar refractivity (Wildman–Crippen MR) is 78.4 cm³/mol. The molecule has 0 aromatic heterocycles. The van der Waals surface area contributed by atoms with E-state index in [0.717, 1.165) is 11.0 Å². The first-order valence-electron chi connectivity index (χ1n) is 6.53. The molecule has 2 aliphatic rings. The Labute approximate surface area is 113 Å². The smallest absolute Gasteiger partial charge is 0.193 e. The molecule has 0 amide bonds. The summed E-state index contributed by atoms with van der Waals surface area (Å²) in [6.45, 7) is 6.55. The molecular weight excluding hydrogens is 246 g/mol. The summed E-state index contributed by atoms with van der Waals surface area (Å²) < 4.78 is 0. The van der Waals surface area contributed by atoms with Crippen molar-refractivity contribution in [2.45, 2.75) is 45.9 Å². The molecule has 1 heterocycles. The Morgan fingerprint density at radius 1 is 1.39 bits per heavy atom. The van der Waals surface area contributed by atoms with E-state index < -0.39 is 0 Å². The van der Waals surface area contributed by atoms with Gasteiger partial charge in [0.25, 0.3) is 0 Å². The highest BCUT2D eigenvalue weighted by atomic mass is 32.2. The molecule has 3 N–H and O–H groups in total. The van der Waals surface area contributed by atoms with Gasteiger partial charge in [0.2, 0.25) is 0 Å². The number of rotatable bonds is 4. The van der Waals surface area contributed by atoms with Gasteiger partial charge in [0.15, 0.2) is 11.5 Å². The third-order valence-corrected chi connectivity index (χ3v) is 4.08. The fraction of sp³-hybridized carbons (Fsp3) is 0.833. The number of thioether (sulfide) groups is 1. The second-order valence-corrected chi connectivity index (χ2v) is 6.11. The van der Waals surface area contributed by atoms with Crippen LogP contribution in [0.15, 0.2) is 9.98 Å². The van der Waals surface area contributed by atoms with Crippen LogP contribution >= 0.6 is 11.8 Å². The summed E-state index contributed by atoms with van der Waals surface area (Å²) >= 11 is 1.57. The average molecular weight is 269 g/mol. The summed E-state index contributed by atoms with van der Waals surface area (Å²) in [5.74, 6) is 7.95. The van der Waals surface area contributed by atoms with Crippen LogP contribution in [0, 0.1) is 11.8 Å². The fourth-order valence-electron chi connectivity index (χ4n) is 1.79. The van der Waals surface area contributed by atoms with E-state index >= 15 is 0 Å². The maximum absolute atomic E-state index is 6.18. The van der Waals surface area contributed by atoms with E-state index in [0.29, 0.717) is 17.9 Å². The summed E-state index contributed by atoms with van der Waals surface area (Å²) in [5.41, 5.74) is 0. The van der Waals surface area contributed by atoms with Crippen molar-refractivity contribution < 1.29 is 0 Å². The molecule has 18 heavy (non-hydrogen) atoms. The maximum Gasteiger partial charge on any atom is 0.193 e. The number of nitrogens with one attached hydrogen (secondary N) is 1. The lowest BCUT2D eigenvalue weighted by Crippen LogP contribution is -2.56. The van der Waals surface area contributed by atoms with E-state index in [-0.39, 0.29) is 6.29 Å². The van der Waals surface area contributed by atoms with Crippen LogP contribution in [-0.2, 0) is 0 Å². The van der Waals surface area contributed by atoms with Crippen LogP contribution in [0.5, 0.6) is 0 Å². The summed E-state index contributed by atoms with van der Waals surface area (Å²) in [4.78, 5) is 9.11. The molecule has 0 radical (unpaired) electrons. The third kappa shape index (κ3) is 3.05. The van der Waals surface area contributed by atoms with Crippen molar-refractivity contribution in [1.29, 1.82) is 0 Å². The monoisotopic (exact) mass is 269 g/mol. The summed E-state index contributed by atoms with van der Waals surface area (Å²) in [7, 11) is 0. The van der Waals surface area contributed by atoms with Crippen LogP contribution in [0.2, 0.25) is 0 Å². The Balaban J connectivity index is 2.16. The normalized spacial score (nSPS) is 26.1. The molecule has 0 bridgehead atoms. The minimum absolute atomic E-state index is 0.159. The molecule has 1 fully saturated rings. The lowest BCUT2D eigenvalue weighted by atomic mass is 9.96. The van der Waals surface area contributed by atoms with E-state index in [1.54, 1.807) is 16.8 Å². The van der Waals surface area contributed by atoms with Crippen molar-refractivity contribution in [3.05, 3.63) is 0 Å². The molecule has 2 atom stereocenters. The first kappa shape index (κ1) is 13.8. The Bertz CT molecular complexity index is 361. The number of nitrogens with zero attached hydrogens (tertiary/aromatic N) is 3. The van der Waals surface area contributed by atoms with Gasteiger partial charge in [0.05, 0.1) is 0 Å². The van der Waals surface area contributed by atoms with Crippen LogP contribution in [0.1, 0.15) is 33.6 Å². The van der Waals surface area contributed by atoms with Gasteiger partial charge in [-0.3, -0.25) is 10.3 Å². The SMILES string of the molecule is CSC1=NC(NC2CC2)N(N)C(C(C)C(C)C)=N1. The lowest BCUT2D eigenvalue weighted by molar-refractivity contribution is 0.253. The van der Waals surface area contributed by atoms with Crippen LogP contribution < -0.4 is 11.2 Å². The molecule has 1 saturated carbocycles. The number of hydrazine groups is 1. The molecule has 1 aliphatic heterocycles. The second kappa shape index (κ2) is 5.59. The summed E-state index contributed by atoms with van der Waals surface area (Å²) in [5, 5.41) is 5.96. The zero-order chi connectivity index (χ0) is 13.3. The first-order valence-corrected chi connectivity index (χ1v) is 7.75. The predicted octanol–water partition coefficient (Wildman–Crippen LogP) is 1.62. The van der Waals surface area contributed by atoms with E-state index in [2.05, 4.69) is 36.1 Å². The summed E-state index contributed by atoms with van der Waals surface area (Å²) in [6, 6.07) is 0.571. The highest BCUT2D eigenvalue weighted by Gasteiger charge is 2.32. The largest absolute Gasteiger partial charge is 0.275 e. The fourth-order valence-corrected chi connectivity index (χ4v) is 2.18. The van der Waals surface area contributed by atoms with Crippen molar-refractivity contribution >= 4 is 22.8 Å². The molecular formula is C12H23N5S. The number of aliphatic imine (C=N–C) groups is 2. The number of amidine groups is 2.